The molecule has 0 saturated carbocycles. The smallest absolute Gasteiger partial charge is 0.416 e. The van der Waals surface area contributed by atoms with Crippen molar-refractivity contribution < 1.29 is 27.5 Å². The first-order valence-corrected chi connectivity index (χ1v) is 10.5. The summed E-state index contributed by atoms with van der Waals surface area (Å²) >= 11 is 0. The minimum Gasteiger partial charge on any atom is -0.497 e. The van der Waals surface area contributed by atoms with Crippen LogP contribution in [0.15, 0.2) is 48.5 Å². The first-order valence-electron chi connectivity index (χ1n) is 10.5. The number of halogens is 3. The van der Waals surface area contributed by atoms with Gasteiger partial charge in [0.25, 0.3) is 5.91 Å². The van der Waals surface area contributed by atoms with Gasteiger partial charge in [0.2, 0.25) is 5.91 Å². The fourth-order valence-electron chi connectivity index (χ4n) is 3.87. The first kappa shape index (κ1) is 23.6. The zero-order valence-corrected chi connectivity index (χ0v) is 18.3. The fraction of sp³-hybridized carbons (Fsp3) is 0.417. The summed E-state index contributed by atoms with van der Waals surface area (Å²) < 4.78 is 44.9. The van der Waals surface area contributed by atoms with Crippen molar-refractivity contribution in [3.63, 3.8) is 0 Å². The maximum absolute atomic E-state index is 13.3. The van der Waals surface area contributed by atoms with Crippen LogP contribution in [0.2, 0.25) is 0 Å². The van der Waals surface area contributed by atoms with E-state index in [1.54, 1.807) is 30.3 Å². The molecule has 8 heteroatoms. The van der Waals surface area contributed by atoms with Crippen molar-refractivity contribution in [2.24, 2.45) is 11.8 Å². The highest BCUT2D eigenvalue weighted by Crippen LogP contribution is 2.37. The SMILES string of the molecule is COc1ccc(C(=O)N2C[C@H](C(=O)NCC(C)C)[C@H](c3cccc(C(F)(F)F)c3)C2)cc1. The summed E-state index contributed by atoms with van der Waals surface area (Å²) in [6, 6.07) is 11.6. The van der Waals surface area contributed by atoms with Gasteiger partial charge in [0.1, 0.15) is 5.75 Å². The molecule has 1 N–H and O–H groups in total. The van der Waals surface area contributed by atoms with Gasteiger partial charge in [-0.15, -0.1) is 0 Å². The highest BCUT2D eigenvalue weighted by atomic mass is 19.4. The number of ether oxygens (including phenoxy) is 1. The molecule has 0 bridgehead atoms. The molecule has 0 radical (unpaired) electrons. The minimum absolute atomic E-state index is 0.135. The Morgan fingerprint density at radius 1 is 1.12 bits per heavy atom. The van der Waals surface area contributed by atoms with Gasteiger partial charge in [-0.05, 0) is 41.8 Å². The molecule has 1 aliphatic rings. The summed E-state index contributed by atoms with van der Waals surface area (Å²) in [5.41, 5.74) is 0.0580. The quantitative estimate of drug-likeness (QED) is 0.715. The van der Waals surface area contributed by atoms with Crippen LogP contribution in [0.5, 0.6) is 5.75 Å². The molecule has 2 aromatic rings. The number of hydrogen-bond donors (Lipinski definition) is 1. The van der Waals surface area contributed by atoms with Gasteiger partial charge in [0.05, 0.1) is 18.6 Å². The van der Waals surface area contributed by atoms with E-state index in [1.165, 1.54) is 18.1 Å². The zero-order valence-electron chi connectivity index (χ0n) is 18.3. The number of nitrogens with one attached hydrogen (secondary N) is 1. The number of rotatable bonds is 6. The number of benzene rings is 2. The standard InChI is InChI=1S/C24H27F3N2O3/c1-15(2)12-28-22(30)21-14-29(23(31)16-7-9-19(32-3)10-8-16)13-20(21)17-5-4-6-18(11-17)24(25,26)27/h4-11,15,20-21H,12-14H2,1-3H3,(H,28,30)/t20-,21-/m0/s1. The molecule has 5 nitrogen and oxygen atoms in total. The molecular weight excluding hydrogens is 421 g/mol. The third-order valence-electron chi connectivity index (χ3n) is 5.61. The normalized spacial score (nSPS) is 18.7. The largest absolute Gasteiger partial charge is 0.497 e. The average molecular weight is 448 g/mol. The van der Waals surface area contributed by atoms with Gasteiger partial charge < -0.3 is 15.0 Å². The molecule has 2 amide bonds. The summed E-state index contributed by atoms with van der Waals surface area (Å²) in [5, 5.41) is 2.87. The van der Waals surface area contributed by atoms with E-state index in [2.05, 4.69) is 5.32 Å². The summed E-state index contributed by atoms with van der Waals surface area (Å²) in [6.07, 6.45) is -4.48. The average Bonchev–Trinajstić information content (AvgIpc) is 3.22. The molecule has 3 rings (SSSR count). The summed E-state index contributed by atoms with van der Waals surface area (Å²) in [5.74, 6) is -0.874. The van der Waals surface area contributed by atoms with Gasteiger partial charge in [-0.25, -0.2) is 0 Å². The molecule has 172 valence electrons. The molecule has 0 unspecified atom stereocenters. The molecule has 2 atom stereocenters. The number of nitrogens with zero attached hydrogens (tertiary/aromatic N) is 1. The molecule has 0 aromatic heterocycles. The Morgan fingerprint density at radius 3 is 2.41 bits per heavy atom. The third-order valence-corrected chi connectivity index (χ3v) is 5.61. The molecule has 1 heterocycles. The van der Waals surface area contributed by atoms with E-state index < -0.39 is 23.6 Å². The van der Waals surface area contributed by atoms with E-state index in [1.807, 2.05) is 13.8 Å². The Kier molecular flexibility index (Phi) is 7.11. The van der Waals surface area contributed by atoms with Crippen LogP contribution >= 0.6 is 0 Å². The van der Waals surface area contributed by atoms with Crippen molar-refractivity contribution in [2.75, 3.05) is 26.7 Å². The number of likely N-dealkylation sites (tertiary alicyclic amines) is 1. The van der Waals surface area contributed by atoms with Crippen LogP contribution < -0.4 is 10.1 Å². The van der Waals surface area contributed by atoms with E-state index in [4.69, 9.17) is 4.74 Å². The predicted molar refractivity (Wildman–Crippen MR) is 114 cm³/mol. The van der Waals surface area contributed by atoms with Crippen molar-refractivity contribution in [3.05, 3.63) is 65.2 Å². The van der Waals surface area contributed by atoms with Gasteiger partial charge in [0, 0.05) is 31.1 Å². The molecule has 0 spiro atoms. The minimum atomic E-state index is -4.48. The number of amides is 2. The van der Waals surface area contributed by atoms with Gasteiger partial charge >= 0.3 is 6.18 Å². The molecule has 1 saturated heterocycles. The maximum Gasteiger partial charge on any atom is 0.416 e. The third kappa shape index (κ3) is 5.41. The lowest BCUT2D eigenvalue weighted by atomic mass is 9.87. The van der Waals surface area contributed by atoms with Crippen LogP contribution in [0.1, 0.15) is 41.3 Å². The number of carbonyl (C=O) groups is 2. The van der Waals surface area contributed by atoms with Crippen molar-refractivity contribution >= 4 is 11.8 Å². The van der Waals surface area contributed by atoms with Crippen molar-refractivity contribution in [2.45, 2.75) is 25.9 Å². The number of methoxy groups -OCH3 is 1. The van der Waals surface area contributed by atoms with Crippen molar-refractivity contribution in [3.8, 4) is 5.75 Å². The summed E-state index contributed by atoms with van der Waals surface area (Å²) in [6.45, 7) is 4.66. The van der Waals surface area contributed by atoms with E-state index in [0.29, 0.717) is 23.4 Å². The van der Waals surface area contributed by atoms with Gasteiger partial charge in [-0.1, -0.05) is 32.0 Å². The molecule has 1 fully saturated rings. The monoisotopic (exact) mass is 448 g/mol. The van der Waals surface area contributed by atoms with Crippen LogP contribution in [0, 0.1) is 11.8 Å². The van der Waals surface area contributed by atoms with Crippen molar-refractivity contribution in [1.82, 2.24) is 10.2 Å². The fourth-order valence-corrected chi connectivity index (χ4v) is 3.87. The van der Waals surface area contributed by atoms with E-state index in [0.717, 1.165) is 12.1 Å². The van der Waals surface area contributed by atoms with Crippen LogP contribution in [0.25, 0.3) is 0 Å². The Morgan fingerprint density at radius 2 is 1.81 bits per heavy atom. The van der Waals surface area contributed by atoms with Gasteiger partial charge in [0.15, 0.2) is 0 Å². The lowest BCUT2D eigenvalue weighted by Crippen LogP contribution is -2.37. The van der Waals surface area contributed by atoms with Crippen LogP contribution in [0.3, 0.4) is 0 Å². The Balaban J connectivity index is 1.88. The second-order valence-corrected chi connectivity index (χ2v) is 8.41. The Labute approximate surface area is 185 Å². The predicted octanol–water partition coefficient (Wildman–Crippen LogP) is 4.34. The van der Waals surface area contributed by atoms with Crippen LogP contribution in [0.4, 0.5) is 13.2 Å². The second kappa shape index (κ2) is 9.63. The molecular formula is C24H27F3N2O3. The van der Waals surface area contributed by atoms with Gasteiger partial charge in [-0.3, -0.25) is 9.59 Å². The molecule has 1 aliphatic heterocycles. The lowest BCUT2D eigenvalue weighted by molar-refractivity contribution is -0.137. The Hall–Kier alpha value is -3.03. The summed E-state index contributed by atoms with van der Waals surface area (Å²) in [4.78, 5) is 27.5. The number of carbonyl (C=O) groups excluding carboxylic acids is 2. The highest BCUT2D eigenvalue weighted by Gasteiger charge is 2.41. The van der Waals surface area contributed by atoms with Crippen LogP contribution in [-0.4, -0.2) is 43.5 Å². The first-order chi connectivity index (χ1) is 15.1. The molecule has 32 heavy (non-hydrogen) atoms. The molecule has 2 aromatic carbocycles. The maximum atomic E-state index is 13.3. The van der Waals surface area contributed by atoms with Crippen LogP contribution in [-0.2, 0) is 11.0 Å². The second-order valence-electron chi connectivity index (χ2n) is 8.41. The zero-order chi connectivity index (χ0) is 23.5. The number of alkyl halides is 3. The van der Waals surface area contributed by atoms with E-state index in [9.17, 15) is 22.8 Å². The van der Waals surface area contributed by atoms with E-state index in [-0.39, 0.29) is 30.8 Å². The van der Waals surface area contributed by atoms with E-state index >= 15 is 0 Å². The van der Waals surface area contributed by atoms with Gasteiger partial charge in [-0.2, -0.15) is 13.2 Å². The van der Waals surface area contributed by atoms with Crippen molar-refractivity contribution in [1.29, 1.82) is 0 Å². The Bertz CT molecular complexity index is 958. The summed E-state index contributed by atoms with van der Waals surface area (Å²) in [7, 11) is 1.53. The topological polar surface area (TPSA) is 58.6 Å². The number of hydrogen-bond acceptors (Lipinski definition) is 3. The molecule has 0 aliphatic carbocycles. The lowest BCUT2D eigenvalue weighted by Gasteiger charge is -2.20. The highest BCUT2D eigenvalue weighted by molar-refractivity contribution is 5.95.